The van der Waals surface area contributed by atoms with Crippen molar-refractivity contribution in [3.8, 4) is 11.3 Å². The second kappa shape index (κ2) is 7.08. The molecule has 5 rings (SSSR count). The zero-order chi connectivity index (χ0) is 18.9. The summed E-state index contributed by atoms with van der Waals surface area (Å²) in [5.74, 6) is 1.34. The van der Waals surface area contributed by atoms with E-state index in [-0.39, 0.29) is 5.82 Å². The highest BCUT2D eigenvalue weighted by Gasteiger charge is 2.24. The highest BCUT2D eigenvalue weighted by molar-refractivity contribution is 5.94. The number of pyridine rings is 1. The molecule has 1 fully saturated rings. The summed E-state index contributed by atoms with van der Waals surface area (Å²) in [7, 11) is 0. The molecule has 0 bridgehead atoms. The van der Waals surface area contributed by atoms with Crippen molar-refractivity contribution in [2.45, 2.75) is 18.8 Å². The van der Waals surface area contributed by atoms with E-state index in [1.807, 2.05) is 24.5 Å². The molecule has 28 heavy (non-hydrogen) atoms. The number of hydrogen-bond acceptors (Lipinski definition) is 3. The van der Waals surface area contributed by atoms with Crippen molar-refractivity contribution in [3.05, 3.63) is 78.6 Å². The number of nitrogens with zero attached hydrogens (tertiary/aromatic N) is 3. The van der Waals surface area contributed by atoms with Crippen LogP contribution in [0.15, 0.2) is 67.0 Å². The lowest BCUT2D eigenvalue weighted by molar-refractivity contribution is 0.489. The molecule has 2 aromatic carbocycles. The number of imidazole rings is 1. The lowest BCUT2D eigenvalue weighted by atomic mass is 9.95. The molecule has 140 valence electrons. The Morgan fingerprint density at radius 3 is 2.54 bits per heavy atom. The van der Waals surface area contributed by atoms with Crippen molar-refractivity contribution in [2.24, 2.45) is 0 Å². The molecule has 0 atom stereocenters. The monoisotopic (exact) mass is 372 g/mol. The number of fused-ring (bicyclic) bond motifs is 1. The van der Waals surface area contributed by atoms with Gasteiger partial charge in [0.15, 0.2) is 0 Å². The smallest absolute Gasteiger partial charge is 0.123 e. The van der Waals surface area contributed by atoms with Crippen LogP contribution in [0.25, 0.3) is 22.2 Å². The summed E-state index contributed by atoms with van der Waals surface area (Å²) < 4.78 is 13.3. The largest absolute Gasteiger partial charge is 0.371 e. The van der Waals surface area contributed by atoms with Gasteiger partial charge in [0.1, 0.15) is 11.6 Å². The summed E-state index contributed by atoms with van der Waals surface area (Å²) in [6, 6.07) is 16.9. The van der Waals surface area contributed by atoms with Crippen LogP contribution in [-0.4, -0.2) is 28.0 Å². The SMILES string of the molecule is Fc1ccc(-c2cc(N3CCC(c4ncc[nH]4)CC3)c3ccccc3n2)cc1. The molecule has 0 radical (unpaired) electrons. The number of piperidine rings is 1. The molecular weight excluding hydrogens is 351 g/mol. The van der Waals surface area contributed by atoms with E-state index in [9.17, 15) is 4.39 Å². The molecule has 0 amide bonds. The van der Waals surface area contributed by atoms with E-state index in [1.54, 1.807) is 12.1 Å². The van der Waals surface area contributed by atoms with Crippen LogP contribution in [0.3, 0.4) is 0 Å². The first-order valence-corrected chi connectivity index (χ1v) is 9.68. The second-order valence-electron chi connectivity index (χ2n) is 7.29. The number of H-pyrrole nitrogens is 1. The van der Waals surface area contributed by atoms with Crippen LogP contribution in [0.4, 0.5) is 10.1 Å². The number of benzene rings is 2. The first-order chi connectivity index (χ1) is 13.8. The number of hydrogen-bond donors (Lipinski definition) is 1. The van der Waals surface area contributed by atoms with Crippen molar-refractivity contribution in [3.63, 3.8) is 0 Å². The first-order valence-electron chi connectivity index (χ1n) is 9.68. The van der Waals surface area contributed by atoms with Gasteiger partial charge >= 0.3 is 0 Å². The van der Waals surface area contributed by atoms with Crippen molar-refractivity contribution >= 4 is 16.6 Å². The molecular formula is C23H21FN4. The Bertz CT molecular complexity index is 1080. The third kappa shape index (κ3) is 3.13. The highest BCUT2D eigenvalue weighted by atomic mass is 19.1. The standard InChI is InChI=1S/C23H21FN4/c24-18-7-5-16(6-8-18)21-15-22(19-3-1-2-4-20(19)27-21)28-13-9-17(10-14-28)23-25-11-12-26-23/h1-8,11-12,15,17H,9-10,13-14H2,(H,25,26). The van der Waals surface area contributed by atoms with Gasteiger partial charge in [0, 0.05) is 48.0 Å². The summed E-state index contributed by atoms with van der Waals surface area (Å²) in [6.07, 6.45) is 5.85. The zero-order valence-electron chi connectivity index (χ0n) is 15.5. The molecule has 1 aliphatic heterocycles. The van der Waals surface area contributed by atoms with Gasteiger partial charge in [-0.3, -0.25) is 0 Å². The fourth-order valence-corrected chi connectivity index (χ4v) is 4.08. The highest BCUT2D eigenvalue weighted by Crippen LogP contribution is 2.35. The molecule has 0 unspecified atom stereocenters. The number of halogens is 1. The topological polar surface area (TPSA) is 44.8 Å². The van der Waals surface area contributed by atoms with Crippen LogP contribution in [0.2, 0.25) is 0 Å². The number of aromatic amines is 1. The van der Waals surface area contributed by atoms with E-state index in [4.69, 9.17) is 4.98 Å². The molecule has 0 saturated carbocycles. The third-order valence-electron chi connectivity index (χ3n) is 5.58. The van der Waals surface area contributed by atoms with E-state index in [1.165, 1.54) is 17.8 Å². The van der Waals surface area contributed by atoms with Gasteiger partial charge < -0.3 is 9.88 Å². The fraction of sp³-hybridized carbons (Fsp3) is 0.217. The normalized spacial score (nSPS) is 15.2. The maximum atomic E-state index is 13.3. The van der Waals surface area contributed by atoms with Crippen molar-refractivity contribution < 1.29 is 4.39 Å². The Hall–Kier alpha value is -3.21. The Kier molecular flexibility index (Phi) is 4.28. The van der Waals surface area contributed by atoms with Crippen molar-refractivity contribution in [2.75, 3.05) is 18.0 Å². The first kappa shape index (κ1) is 16.9. The number of nitrogens with one attached hydrogen (secondary N) is 1. The number of para-hydroxylation sites is 1. The maximum Gasteiger partial charge on any atom is 0.123 e. The molecule has 1 aliphatic rings. The molecule has 2 aromatic heterocycles. The average molecular weight is 372 g/mol. The Balaban J connectivity index is 1.50. The van der Waals surface area contributed by atoms with Crippen molar-refractivity contribution in [1.82, 2.24) is 15.0 Å². The molecule has 5 heteroatoms. The Morgan fingerprint density at radius 1 is 1.00 bits per heavy atom. The zero-order valence-corrected chi connectivity index (χ0v) is 15.5. The van der Waals surface area contributed by atoms with Crippen LogP contribution in [0, 0.1) is 5.82 Å². The average Bonchev–Trinajstić information content (AvgIpc) is 3.29. The predicted octanol–water partition coefficient (Wildman–Crippen LogP) is 5.15. The second-order valence-corrected chi connectivity index (χ2v) is 7.29. The van der Waals surface area contributed by atoms with Gasteiger partial charge in [0.05, 0.1) is 11.2 Å². The number of aromatic nitrogens is 3. The molecule has 0 spiro atoms. The van der Waals surface area contributed by atoms with Gasteiger partial charge in [-0.25, -0.2) is 14.4 Å². The minimum atomic E-state index is -0.232. The molecule has 0 aliphatic carbocycles. The predicted molar refractivity (Wildman–Crippen MR) is 110 cm³/mol. The summed E-state index contributed by atoms with van der Waals surface area (Å²) in [5, 5.41) is 1.16. The summed E-state index contributed by atoms with van der Waals surface area (Å²) in [5.41, 5.74) is 3.97. The lowest BCUT2D eigenvalue weighted by Gasteiger charge is -2.33. The van der Waals surface area contributed by atoms with E-state index in [0.29, 0.717) is 5.92 Å². The van der Waals surface area contributed by atoms with Crippen LogP contribution in [0.5, 0.6) is 0 Å². The third-order valence-corrected chi connectivity index (χ3v) is 5.58. The molecule has 1 saturated heterocycles. The van der Waals surface area contributed by atoms with E-state index < -0.39 is 0 Å². The van der Waals surface area contributed by atoms with Gasteiger partial charge in [0.25, 0.3) is 0 Å². The van der Waals surface area contributed by atoms with Crippen LogP contribution in [0.1, 0.15) is 24.6 Å². The van der Waals surface area contributed by atoms with Crippen LogP contribution >= 0.6 is 0 Å². The quantitative estimate of drug-likeness (QED) is 0.541. The van der Waals surface area contributed by atoms with Crippen LogP contribution in [-0.2, 0) is 0 Å². The summed E-state index contributed by atoms with van der Waals surface area (Å²) in [4.78, 5) is 15.0. The molecule has 3 heterocycles. The van der Waals surface area contributed by atoms with Crippen molar-refractivity contribution in [1.29, 1.82) is 0 Å². The molecule has 4 aromatic rings. The molecule has 1 N–H and O–H groups in total. The van der Waals surface area contributed by atoms with Gasteiger partial charge in [0.2, 0.25) is 0 Å². The lowest BCUT2D eigenvalue weighted by Crippen LogP contribution is -2.33. The van der Waals surface area contributed by atoms with Gasteiger partial charge in [-0.2, -0.15) is 0 Å². The summed E-state index contributed by atoms with van der Waals surface area (Å²) in [6.45, 7) is 1.95. The van der Waals surface area contributed by atoms with Crippen LogP contribution < -0.4 is 4.90 Å². The minimum absolute atomic E-state index is 0.232. The number of rotatable bonds is 3. The Morgan fingerprint density at radius 2 is 1.79 bits per heavy atom. The van der Waals surface area contributed by atoms with Gasteiger partial charge in [-0.05, 0) is 49.2 Å². The van der Waals surface area contributed by atoms with E-state index in [0.717, 1.165) is 53.9 Å². The number of anilines is 1. The Labute approximate surface area is 163 Å². The fourth-order valence-electron chi connectivity index (χ4n) is 4.08. The minimum Gasteiger partial charge on any atom is -0.371 e. The van der Waals surface area contributed by atoms with E-state index >= 15 is 0 Å². The van der Waals surface area contributed by atoms with Gasteiger partial charge in [-0.15, -0.1) is 0 Å². The summed E-state index contributed by atoms with van der Waals surface area (Å²) >= 11 is 0. The maximum absolute atomic E-state index is 13.3. The van der Waals surface area contributed by atoms with E-state index in [2.05, 4.69) is 33.1 Å². The molecule has 4 nitrogen and oxygen atoms in total. The van der Waals surface area contributed by atoms with Gasteiger partial charge in [-0.1, -0.05) is 18.2 Å².